The largest absolute Gasteiger partial charge is 0.379 e. The maximum atomic E-state index is 14.1. The van der Waals surface area contributed by atoms with Gasteiger partial charge >= 0.3 is 0 Å². The fraction of sp³-hybridized carbons (Fsp3) is 0.548. The highest BCUT2D eigenvalue weighted by Crippen LogP contribution is 2.40. The number of anilines is 2. The van der Waals surface area contributed by atoms with E-state index in [1.54, 1.807) is 18.3 Å². The Labute approximate surface area is 252 Å². The van der Waals surface area contributed by atoms with Crippen LogP contribution in [0.1, 0.15) is 37.6 Å². The first-order chi connectivity index (χ1) is 20.9. The number of fused-ring (bicyclic) bond motifs is 1. The van der Waals surface area contributed by atoms with Crippen LogP contribution in [0.15, 0.2) is 46.9 Å². The molecule has 3 saturated heterocycles. The van der Waals surface area contributed by atoms with Gasteiger partial charge in [-0.2, -0.15) is 10.4 Å². The van der Waals surface area contributed by atoms with Crippen LogP contribution in [0.5, 0.6) is 0 Å². The Kier molecular flexibility index (Phi) is 8.27. The van der Waals surface area contributed by atoms with E-state index in [2.05, 4.69) is 56.1 Å². The van der Waals surface area contributed by atoms with Crippen LogP contribution in [0.25, 0.3) is 0 Å². The molecule has 0 aromatic carbocycles. The van der Waals surface area contributed by atoms with Gasteiger partial charge in [-0.1, -0.05) is 6.92 Å². The van der Waals surface area contributed by atoms with Crippen LogP contribution >= 0.6 is 0 Å². The van der Waals surface area contributed by atoms with Gasteiger partial charge in [0.2, 0.25) is 0 Å². The SMILES string of the molecule is CNN=C1C=C(CN2CCC[C@H](C)C2)C=C2C(=O)N(c3cc(C4(Cc5nncn5C)COC4)cc(NCCC#N)n3)CC21. The van der Waals surface area contributed by atoms with Crippen molar-refractivity contribution in [3.8, 4) is 6.07 Å². The summed E-state index contributed by atoms with van der Waals surface area (Å²) >= 11 is 0. The van der Waals surface area contributed by atoms with Gasteiger partial charge < -0.3 is 20.0 Å². The number of pyridine rings is 1. The van der Waals surface area contributed by atoms with Gasteiger partial charge in [-0.05, 0) is 60.7 Å². The van der Waals surface area contributed by atoms with Crippen LogP contribution in [-0.4, -0.2) is 89.3 Å². The molecule has 226 valence electrons. The maximum Gasteiger partial charge on any atom is 0.256 e. The average Bonchev–Trinajstić information content (AvgIpc) is 3.53. The second kappa shape index (κ2) is 12.3. The van der Waals surface area contributed by atoms with Crippen molar-refractivity contribution in [3.63, 3.8) is 0 Å². The molecule has 3 fully saturated rings. The molecule has 2 aromatic rings. The predicted octanol–water partition coefficient (Wildman–Crippen LogP) is 2.18. The fourth-order valence-electron chi connectivity index (χ4n) is 6.62. The molecule has 5 heterocycles. The number of rotatable bonds is 10. The quantitative estimate of drug-likeness (QED) is 0.318. The zero-order valence-corrected chi connectivity index (χ0v) is 25.2. The van der Waals surface area contributed by atoms with Gasteiger partial charge in [0, 0.05) is 57.7 Å². The monoisotopic (exact) mass is 584 g/mol. The number of amides is 1. The van der Waals surface area contributed by atoms with Crippen molar-refractivity contribution in [2.24, 2.45) is 24.0 Å². The summed E-state index contributed by atoms with van der Waals surface area (Å²) in [6.07, 6.45) is 9.38. The molecule has 0 bridgehead atoms. The molecule has 12 heteroatoms. The highest BCUT2D eigenvalue weighted by molar-refractivity contribution is 6.17. The van der Waals surface area contributed by atoms with E-state index in [9.17, 15) is 4.79 Å². The van der Waals surface area contributed by atoms with Crippen LogP contribution in [0.3, 0.4) is 0 Å². The predicted molar refractivity (Wildman–Crippen MR) is 164 cm³/mol. The zero-order chi connectivity index (χ0) is 30.0. The van der Waals surface area contributed by atoms with E-state index in [0.29, 0.717) is 56.7 Å². The first-order valence-corrected chi connectivity index (χ1v) is 15.1. The molecule has 2 N–H and O–H groups in total. The van der Waals surface area contributed by atoms with Crippen molar-refractivity contribution in [2.45, 2.75) is 38.0 Å². The number of allylic oxidation sites excluding steroid dienone is 1. The molecule has 6 rings (SSSR count). The molecule has 2 aromatic heterocycles. The number of nitriles is 1. The Morgan fingerprint density at radius 2 is 2.12 bits per heavy atom. The molecule has 4 aliphatic rings. The second-order valence-electron chi connectivity index (χ2n) is 12.3. The standard InChI is InChI=1S/C31H40N10O2/c1-21-6-4-9-40(15-21)16-22-10-24-25(26(11-22)37-33-2)17-41(30(24)42)28-13-23(12-27(36-28)34-8-5-7-32)31(18-43-19-31)14-29-38-35-20-39(29)3/h10-13,20-21,25,33H,4-6,8-9,14-19H2,1-3H3,(H,34,36)/t21-,25?/m0/s1. The number of nitrogens with one attached hydrogen (secondary N) is 2. The Morgan fingerprint density at radius 3 is 2.81 bits per heavy atom. The van der Waals surface area contributed by atoms with E-state index < -0.39 is 0 Å². The van der Waals surface area contributed by atoms with E-state index in [1.165, 1.54) is 12.8 Å². The summed E-state index contributed by atoms with van der Waals surface area (Å²) in [6.45, 7) is 7.24. The minimum Gasteiger partial charge on any atom is -0.379 e. The Morgan fingerprint density at radius 1 is 1.26 bits per heavy atom. The lowest BCUT2D eigenvalue weighted by atomic mass is 9.75. The number of aromatic nitrogens is 4. The van der Waals surface area contributed by atoms with Gasteiger partial charge in [0.15, 0.2) is 0 Å². The summed E-state index contributed by atoms with van der Waals surface area (Å²) in [5.74, 6) is 2.56. The lowest BCUT2D eigenvalue weighted by molar-refractivity contribution is -0.114. The summed E-state index contributed by atoms with van der Waals surface area (Å²) < 4.78 is 7.66. The van der Waals surface area contributed by atoms with Gasteiger partial charge in [0.1, 0.15) is 23.8 Å². The van der Waals surface area contributed by atoms with Crippen LogP contribution < -0.4 is 15.6 Å². The molecule has 1 amide bonds. The minimum absolute atomic E-state index is 0.0498. The third kappa shape index (κ3) is 5.92. The topological polar surface area (TPSA) is 137 Å². The molecule has 0 spiro atoms. The summed E-state index contributed by atoms with van der Waals surface area (Å²) in [5.41, 5.74) is 6.38. The highest BCUT2D eigenvalue weighted by Gasteiger charge is 2.44. The number of aryl methyl sites for hydroxylation is 1. The molecule has 43 heavy (non-hydrogen) atoms. The Balaban J connectivity index is 1.32. The van der Waals surface area contributed by atoms with Crippen LogP contribution in [0.2, 0.25) is 0 Å². The van der Waals surface area contributed by atoms with Crippen LogP contribution in [0.4, 0.5) is 11.6 Å². The van der Waals surface area contributed by atoms with Gasteiger partial charge in [0.25, 0.3) is 5.91 Å². The second-order valence-corrected chi connectivity index (χ2v) is 12.3. The normalized spacial score (nSPS) is 24.2. The number of carbonyl (C=O) groups is 1. The molecular weight excluding hydrogens is 544 g/mol. The van der Waals surface area contributed by atoms with E-state index in [1.807, 2.05) is 23.7 Å². The third-order valence-corrected chi connectivity index (χ3v) is 8.95. The zero-order valence-electron chi connectivity index (χ0n) is 25.2. The maximum absolute atomic E-state index is 14.1. The number of hydrogen-bond donors (Lipinski definition) is 2. The van der Waals surface area contributed by atoms with E-state index in [0.717, 1.165) is 47.9 Å². The number of carbonyl (C=O) groups excluding carboxylic acids is 1. The molecular formula is C31H40N10O2. The average molecular weight is 585 g/mol. The van der Waals surface area contributed by atoms with Crippen molar-refractivity contribution < 1.29 is 9.53 Å². The van der Waals surface area contributed by atoms with Crippen molar-refractivity contribution in [3.05, 3.63) is 53.1 Å². The first kappa shape index (κ1) is 29.0. The molecule has 1 aliphatic carbocycles. The lowest BCUT2D eigenvalue weighted by Crippen LogP contribution is -2.49. The van der Waals surface area contributed by atoms with E-state index in [-0.39, 0.29) is 17.2 Å². The lowest BCUT2D eigenvalue weighted by Gasteiger charge is -2.42. The molecule has 2 atom stereocenters. The van der Waals surface area contributed by atoms with Gasteiger partial charge in [0.05, 0.1) is 37.3 Å². The molecule has 0 radical (unpaired) electrons. The number of piperidine rings is 1. The highest BCUT2D eigenvalue weighted by atomic mass is 16.5. The third-order valence-electron chi connectivity index (χ3n) is 8.95. The molecule has 3 aliphatic heterocycles. The summed E-state index contributed by atoms with van der Waals surface area (Å²) in [4.78, 5) is 23.2. The Bertz CT molecular complexity index is 1500. The van der Waals surface area contributed by atoms with Crippen molar-refractivity contribution >= 4 is 23.3 Å². The van der Waals surface area contributed by atoms with Gasteiger partial charge in [-0.15, -0.1) is 10.2 Å². The number of nitrogens with zero attached hydrogens (tertiary/aromatic N) is 8. The van der Waals surface area contributed by atoms with Crippen LogP contribution in [0, 0.1) is 23.2 Å². The summed E-state index contributed by atoms with van der Waals surface area (Å²) in [5, 5.41) is 25.4. The fourth-order valence-corrected chi connectivity index (χ4v) is 6.62. The summed E-state index contributed by atoms with van der Waals surface area (Å²) in [6, 6.07) is 6.21. The number of ether oxygens (including phenoxy) is 1. The first-order valence-electron chi connectivity index (χ1n) is 15.1. The summed E-state index contributed by atoms with van der Waals surface area (Å²) in [7, 11) is 3.73. The van der Waals surface area contributed by atoms with E-state index in [4.69, 9.17) is 15.0 Å². The molecule has 1 unspecified atom stereocenters. The van der Waals surface area contributed by atoms with Crippen molar-refractivity contribution in [1.29, 1.82) is 5.26 Å². The number of hydrazone groups is 1. The van der Waals surface area contributed by atoms with Crippen molar-refractivity contribution in [1.82, 2.24) is 30.1 Å². The van der Waals surface area contributed by atoms with Crippen LogP contribution in [-0.2, 0) is 28.4 Å². The number of hydrogen-bond acceptors (Lipinski definition) is 10. The number of likely N-dealkylation sites (tertiary alicyclic amines) is 1. The van der Waals surface area contributed by atoms with Gasteiger partial charge in [-0.3, -0.25) is 14.6 Å². The van der Waals surface area contributed by atoms with E-state index >= 15 is 0 Å². The smallest absolute Gasteiger partial charge is 0.256 e. The molecule has 0 saturated carbocycles. The van der Waals surface area contributed by atoms with Gasteiger partial charge in [-0.25, -0.2) is 4.98 Å². The Hall–Kier alpha value is -4.08. The van der Waals surface area contributed by atoms with Crippen molar-refractivity contribution in [2.75, 3.05) is 63.2 Å². The molecule has 12 nitrogen and oxygen atoms in total. The minimum atomic E-state index is -0.321.